The van der Waals surface area contributed by atoms with E-state index < -0.39 is 0 Å². The normalized spacial score (nSPS) is 17.1. The first-order valence-corrected chi connectivity index (χ1v) is 10.4. The fourth-order valence-electron chi connectivity index (χ4n) is 3.51. The molecule has 3 rings (SSSR count). The number of anilines is 1. The molecule has 1 saturated heterocycles. The third-order valence-corrected chi connectivity index (χ3v) is 5.70. The van der Waals surface area contributed by atoms with E-state index in [1.165, 1.54) is 0 Å². The van der Waals surface area contributed by atoms with Crippen LogP contribution in [0.3, 0.4) is 0 Å². The molecule has 0 saturated carbocycles. The van der Waals surface area contributed by atoms with E-state index in [0.29, 0.717) is 6.04 Å². The Hall–Kier alpha value is -1.99. The van der Waals surface area contributed by atoms with Gasteiger partial charge in [-0.15, -0.1) is 11.8 Å². The van der Waals surface area contributed by atoms with Crippen molar-refractivity contribution in [3.8, 4) is 5.69 Å². The third-order valence-electron chi connectivity index (χ3n) is 4.96. The van der Waals surface area contributed by atoms with Crippen LogP contribution in [0.4, 0.5) is 10.6 Å². The van der Waals surface area contributed by atoms with Gasteiger partial charge in [-0.05, 0) is 37.9 Å². The topological polar surface area (TPSA) is 53.4 Å². The van der Waals surface area contributed by atoms with Gasteiger partial charge < -0.3 is 4.90 Å². The van der Waals surface area contributed by atoms with Crippen molar-refractivity contribution in [1.82, 2.24) is 19.6 Å². The number of hydrogen-bond acceptors (Lipinski definition) is 4. The molecule has 1 atom stereocenters. The largest absolute Gasteiger partial charge is 0.323 e. The van der Waals surface area contributed by atoms with Gasteiger partial charge in [-0.1, -0.05) is 32.0 Å². The Bertz CT molecular complexity index is 729. The highest BCUT2D eigenvalue weighted by Gasteiger charge is 2.30. The van der Waals surface area contributed by atoms with Gasteiger partial charge in [0.2, 0.25) is 0 Å². The molecule has 1 aliphatic heterocycles. The predicted octanol–water partition coefficient (Wildman–Crippen LogP) is 3.54. The number of nitrogens with zero attached hydrogens (tertiary/aromatic N) is 4. The number of thioether (sulfide) groups is 1. The molecule has 26 heavy (non-hydrogen) atoms. The first-order valence-electron chi connectivity index (χ1n) is 9.15. The first kappa shape index (κ1) is 18.8. The quantitative estimate of drug-likeness (QED) is 0.787. The molecule has 1 fully saturated rings. The maximum atomic E-state index is 12.9. The fraction of sp³-hybridized carbons (Fsp3) is 0.474. The molecule has 140 valence electrons. The summed E-state index contributed by atoms with van der Waals surface area (Å²) >= 11 is 1.58. The molecular weight excluding hydrogens is 346 g/mol. The summed E-state index contributed by atoms with van der Waals surface area (Å²) in [7, 11) is 0. The molecule has 1 aliphatic rings. The Morgan fingerprint density at radius 1 is 1.31 bits per heavy atom. The van der Waals surface area contributed by atoms with E-state index >= 15 is 0 Å². The van der Waals surface area contributed by atoms with Crippen molar-refractivity contribution in [3.05, 3.63) is 36.5 Å². The molecule has 1 aromatic heterocycles. The second-order valence-electron chi connectivity index (χ2n) is 6.35. The molecule has 2 aromatic rings. The van der Waals surface area contributed by atoms with Crippen LogP contribution in [0.15, 0.2) is 41.4 Å². The smallest absolute Gasteiger partial charge is 0.323 e. The van der Waals surface area contributed by atoms with E-state index in [1.807, 2.05) is 41.5 Å². The van der Waals surface area contributed by atoms with Gasteiger partial charge in [0, 0.05) is 19.1 Å². The number of likely N-dealkylation sites (N-methyl/N-ethyl adjacent to an activating group) is 1. The Labute approximate surface area is 159 Å². The highest BCUT2D eigenvalue weighted by atomic mass is 32.2. The van der Waals surface area contributed by atoms with Gasteiger partial charge in [-0.3, -0.25) is 10.2 Å². The number of urea groups is 1. The van der Waals surface area contributed by atoms with Crippen LogP contribution in [0.5, 0.6) is 0 Å². The third kappa shape index (κ3) is 3.88. The van der Waals surface area contributed by atoms with Crippen LogP contribution in [0, 0.1) is 0 Å². The lowest BCUT2D eigenvalue weighted by atomic mass is 10.2. The van der Waals surface area contributed by atoms with Crippen LogP contribution in [-0.4, -0.2) is 64.1 Å². The van der Waals surface area contributed by atoms with Crippen molar-refractivity contribution >= 4 is 23.6 Å². The summed E-state index contributed by atoms with van der Waals surface area (Å²) in [6.07, 6.45) is 4.83. The minimum absolute atomic E-state index is 0.0485. The lowest BCUT2D eigenvalue weighted by Crippen LogP contribution is -2.40. The SMILES string of the molecule is CCN(CC)[C@@H]1CCN(C(=O)Nc2c(SC)cnn2-c2ccccc2)C1. The molecule has 0 spiro atoms. The molecular formula is C19H27N5OS. The van der Waals surface area contributed by atoms with Crippen molar-refractivity contribution < 1.29 is 4.79 Å². The van der Waals surface area contributed by atoms with Gasteiger partial charge in [-0.2, -0.15) is 5.10 Å². The minimum Gasteiger partial charge on any atom is -0.323 e. The molecule has 1 N–H and O–H groups in total. The first-order chi connectivity index (χ1) is 12.7. The summed E-state index contributed by atoms with van der Waals surface area (Å²) < 4.78 is 1.79. The zero-order chi connectivity index (χ0) is 18.5. The lowest BCUT2D eigenvalue weighted by molar-refractivity contribution is 0.202. The van der Waals surface area contributed by atoms with E-state index in [0.717, 1.165) is 49.0 Å². The predicted molar refractivity (Wildman–Crippen MR) is 107 cm³/mol. The molecule has 2 heterocycles. The van der Waals surface area contributed by atoms with Gasteiger partial charge in [0.05, 0.1) is 16.8 Å². The van der Waals surface area contributed by atoms with Crippen LogP contribution in [0.2, 0.25) is 0 Å². The molecule has 6 nitrogen and oxygen atoms in total. The highest BCUT2D eigenvalue weighted by Crippen LogP contribution is 2.28. The number of amides is 2. The number of aromatic nitrogens is 2. The summed E-state index contributed by atoms with van der Waals surface area (Å²) in [5.74, 6) is 0.736. The van der Waals surface area contributed by atoms with E-state index in [4.69, 9.17) is 0 Å². The van der Waals surface area contributed by atoms with Crippen molar-refractivity contribution in [2.75, 3.05) is 37.8 Å². The number of nitrogens with one attached hydrogen (secondary N) is 1. The van der Waals surface area contributed by atoms with E-state index in [2.05, 4.69) is 29.2 Å². The zero-order valence-electron chi connectivity index (χ0n) is 15.7. The summed E-state index contributed by atoms with van der Waals surface area (Å²) in [6, 6.07) is 10.3. The molecule has 0 bridgehead atoms. The zero-order valence-corrected chi connectivity index (χ0v) is 16.5. The van der Waals surface area contributed by atoms with Crippen LogP contribution in [0.25, 0.3) is 5.69 Å². The molecule has 0 aliphatic carbocycles. The number of benzene rings is 1. The highest BCUT2D eigenvalue weighted by molar-refractivity contribution is 7.98. The van der Waals surface area contributed by atoms with Crippen LogP contribution in [-0.2, 0) is 0 Å². The van der Waals surface area contributed by atoms with E-state index in [-0.39, 0.29) is 6.03 Å². The average molecular weight is 374 g/mol. The monoisotopic (exact) mass is 373 g/mol. The Balaban J connectivity index is 1.75. The summed E-state index contributed by atoms with van der Waals surface area (Å²) in [5.41, 5.74) is 0.936. The number of para-hydroxylation sites is 1. The van der Waals surface area contributed by atoms with Crippen LogP contribution >= 0.6 is 11.8 Å². The number of likely N-dealkylation sites (tertiary alicyclic amines) is 1. The average Bonchev–Trinajstić information content (AvgIpc) is 3.31. The molecule has 7 heteroatoms. The van der Waals surface area contributed by atoms with Crippen molar-refractivity contribution in [2.24, 2.45) is 0 Å². The Kier molecular flexibility index (Phi) is 6.21. The minimum atomic E-state index is -0.0485. The van der Waals surface area contributed by atoms with Crippen molar-refractivity contribution in [1.29, 1.82) is 0 Å². The van der Waals surface area contributed by atoms with Gasteiger partial charge in [0.25, 0.3) is 0 Å². The van der Waals surface area contributed by atoms with E-state index in [1.54, 1.807) is 22.6 Å². The van der Waals surface area contributed by atoms with Crippen molar-refractivity contribution in [2.45, 2.75) is 31.2 Å². The Morgan fingerprint density at radius 2 is 2.04 bits per heavy atom. The van der Waals surface area contributed by atoms with Gasteiger partial charge >= 0.3 is 6.03 Å². The standard InChI is InChI=1S/C19H27N5OS/c1-4-22(5-2)16-11-12-23(14-16)19(25)21-18-17(26-3)13-20-24(18)15-9-7-6-8-10-15/h6-10,13,16H,4-5,11-12,14H2,1-3H3,(H,21,25)/t16-/m1/s1. The number of carbonyl (C=O) groups excluding carboxylic acids is 1. The number of hydrogen-bond donors (Lipinski definition) is 1. The van der Waals surface area contributed by atoms with Crippen molar-refractivity contribution in [3.63, 3.8) is 0 Å². The molecule has 1 aromatic carbocycles. The van der Waals surface area contributed by atoms with E-state index in [9.17, 15) is 4.79 Å². The maximum absolute atomic E-state index is 12.9. The van der Waals surface area contributed by atoms with Gasteiger partial charge in [0.15, 0.2) is 5.82 Å². The molecule has 2 amide bonds. The van der Waals surface area contributed by atoms with Gasteiger partial charge in [-0.25, -0.2) is 9.48 Å². The van der Waals surface area contributed by atoms with Gasteiger partial charge in [0.1, 0.15) is 0 Å². The lowest BCUT2D eigenvalue weighted by Gasteiger charge is -2.26. The summed E-state index contributed by atoms with van der Waals surface area (Å²) in [4.78, 5) is 18.2. The fourth-order valence-corrected chi connectivity index (χ4v) is 3.99. The molecule has 0 radical (unpaired) electrons. The second-order valence-corrected chi connectivity index (χ2v) is 7.20. The second kappa shape index (κ2) is 8.60. The number of rotatable bonds is 6. The van der Waals surface area contributed by atoms with Crippen LogP contribution < -0.4 is 5.32 Å². The summed E-state index contributed by atoms with van der Waals surface area (Å²) in [6.45, 7) is 7.97. The van der Waals surface area contributed by atoms with Crippen LogP contribution in [0.1, 0.15) is 20.3 Å². The molecule has 0 unspecified atom stereocenters. The Morgan fingerprint density at radius 3 is 2.69 bits per heavy atom. The number of carbonyl (C=O) groups is 1. The maximum Gasteiger partial charge on any atom is 0.323 e. The summed E-state index contributed by atoms with van der Waals surface area (Å²) in [5, 5.41) is 7.56.